The predicted octanol–water partition coefficient (Wildman–Crippen LogP) is 1.78. The normalized spacial score (nSPS) is 29.0. The molecule has 1 aliphatic carbocycles. The molecule has 1 saturated carbocycles. The Kier molecular flexibility index (Phi) is 2.32. The highest BCUT2D eigenvalue weighted by atomic mass is 19.1. The van der Waals surface area contributed by atoms with Gasteiger partial charge in [-0.15, -0.1) is 5.10 Å². The Balaban J connectivity index is 1.49. The largest absolute Gasteiger partial charge is 0.330 e. The zero-order chi connectivity index (χ0) is 14.8. The quantitative estimate of drug-likeness (QED) is 0.849. The monoisotopic (exact) mass is 298 g/mol. The third-order valence-electron chi connectivity index (χ3n) is 4.95. The van der Waals surface area contributed by atoms with E-state index in [0.29, 0.717) is 11.8 Å². The minimum absolute atomic E-state index is 0.164. The number of likely N-dealkylation sites (tertiary alicyclic amines) is 1. The minimum Gasteiger partial charge on any atom is -0.330 e. The third kappa shape index (κ3) is 1.60. The van der Waals surface area contributed by atoms with Gasteiger partial charge in [-0.05, 0) is 17.9 Å². The fourth-order valence-corrected chi connectivity index (χ4v) is 3.70. The van der Waals surface area contributed by atoms with Crippen molar-refractivity contribution in [2.75, 3.05) is 13.1 Å². The summed E-state index contributed by atoms with van der Waals surface area (Å²) >= 11 is 0. The lowest BCUT2D eigenvalue weighted by molar-refractivity contribution is 0.0388. The number of amides is 1. The van der Waals surface area contributed by atoms with E-state index in [1.165, 1.54) is 10.5 Å². The highest BCUT2D eigenvalue weighted by Crippen LogP contribution is 2.60. The zero-order valence-corrected chi connectivity index (χ0v) is 11.9. The highest BCUT2D eigenvalue weighted by molar-refractivity contribution is 5.91. The maximum absolute atomic E-state index is 12.9. The molecule has 3 atom stereocenters. The number of carbonyl (C=O) groups excluding carboxylic acids is 1. The van der Waals surface area contributed by atoms with Crippen LogP contribution in [0.25, 0.3) is 0 Å². The minimum atomic E-state index is -0.900. The van der Waals surface area contributed by atoms with E-state index < -0.39 is 6.17 Å². The van der Waals surface area contributed by atoms with Gasteiger partial charge in [0.2, 0.25) is 5.82 Å². The van der Waals surface area contributed by atoms with Gasteiger partial charge in [0.1, 0.15) is 12.0 Å². The second kappa shape index (κ2) is 4.15. The van der Waals surface area contributed by atoms with Gasteiger partial charge in [0, 0.05) is 5.92 Å². The van der Waals surface area contributed by atoms with Crippen molar-refractivity contribution in [3.8, 4) is 0 Å². The third-order valence-corrected chi connectivity index (χ3v) is 4.95. The molecule has 1 saturated heterocycles. The first-order valence-corrected chi connectivity index (χ1v) is 7.67. The first-order valence-electron chi connectivity index (χ1n) is 7.67. The SMILES string of the molecule is O=C(c1nc2n(n1)C(c1ccccc1)C1CC21)N1CC(F)C1. The van der Waals surface area contributed by atoms with E-state index in [9.17, 15) is 9.18 Å². The van der Waals surface area contributed by atoms with Crippen LogP contribution in [0.5, 0.6) is 0 Å². The second-order valence-electron chi connectivity index (χ2n) is 6.41. The van der Waals surface area contributed by atoms with Gasteiger partial charge < -0.3 is 4.90 Å². The maximum Gasteiger partial charge on any atom is 0.293 e. The number of fused-ring (bicyclic) bond motifs is 3. The molecule has 0 radical (unpaired) electrons. The number of carbonyl (C=O) groups is 1. The molecule has 22 heavy (non-hydrogen) atoms. The number of alkyl halides is 1. The van der Waals surface area contributed by atoms with Crippen LogP contribution in [0.15, 0.2) is 30.3 Å². The van der Waals surface area contributed by atoms with Crippen molar-refractivity contribution in [2.24, 2.45) is 5.92 Å². The molecule has 2 aliphatic heterocycles. The highest BCUT2D eigenvalue weighted by Gasteiger charge is 2.55. The van der Waals surface area contributed by atoms with E-state index in [1.54, 1.807) is 0 Å². The van der Waals surface area contributed by atoms with Crippen molar-refractivity contribution in [1.29, 1.82) is 0 Å². The molecule has 112 valence electrons. The van der Waals surface area contributed by atoms with E-state index in [0.717, 1.165) is 12.2 Å². The molecular formula is C16H15FN4O. The van der Waals surface area contributed by atoms with E-state index in [2.05, 4.69) is 22.2 Å². The molecule has 3 heterocycles. The lowest BCUT2D eigenvalue weighted by Gasteiger charge is -2.33. The molecule has 2 aromatic rings. The van der Waals surface area contributed by atoms with E-state index in [1.807, 2.05) is 22.9 Å². The van der Waals surface area contributed by atoms with Crippen LogP contribution in [0.1, 0.15) is 40.4 Å². The van der Waals surface area contributed by atoms with Gasteiger partial charge >= 0.3 is 0 Å². The molecule has 0 N–H and O–H groups in total. The summed E-state index contributed by atoms with van der Waals surface area (Å²) in [6.07, 6.45) is 0.214. The van der Waals surface area contributed by atoms with Gasteiger partial charge in [-0.2, -0.15) is 0 Å². The maximum atomic E-state index is 12.9. The number of benzene rings is 1. The Morgan fingerprint density at radius 3 is 2.73 bits per heavy atom. The van der Waals surface area contributed by atoms with Crippen molar-refractivity contribution >= 4 is 5.91 Å². The zero-order valence-electron chi connectivity index (χ0n) is 11.9. The molecule has 1 amide bonds. The van der Waals surface area contributed by atoms with Gasteiger partial charge in [-0.3, -0.25) is 4.79 Å². The number of hydrogen-bond donors (Lipinski definition) is 0. The predicted molar refractivity (Wildman–Crippen MR) is 76.3 cm³/mol. The molecule has 0 bridgehead atoms. The smallest absolute Gasteiger partial charge is 0.293 e. The van der Waals surface area contributed by atoms with Crippen molar-refractivity contribution < 1.29 is 9.18 Å². The summed E-state index contributed by atoms with van der Waals surface area (Å²) in [6.45, 7) is 0.327. The van der Waals surface area contributed by atoms with Gasteiger partial charge in [-0.25, -0.2) is 14.1 Å². The number of nitrogens with zero attached hydrogens (tertiary/aromatic N) is 4. The van der Waals surface area contributed by atoms with Crippen LogP contribution in [0.4, 0.5) is 4.39 Å². The van der Waals surface area contributed by atoms with Crippen LogP contribution >= 0.6 is 0 Å². The fraction of sp³-hybridized carbons (Fsp3) is 0.438. The average molecular weight is 298 g/mol. The van der Waals surface area contributed by atoms with Crippen molar-refractivity contribution in [3.05, 3.63) is 47.5 Å². The van der Waals surface area contributed by atoms with E-state index >= 15 is 0 Å². The van der Waals surface area contributed by atoms with Gasteiger partial charge in [-0.1, -0.05) is 30.3 Å². The van der Waals surface area contributed by atoms with Gasteiger partial charge in [0.25, 0.3) is 5.91 Å². The molecule has 3 unspecified atom stereocenters. The van der Waals surface area contributed by atoms with Crippen LogP contribution in [-0.2, 0) is 0 Å². The summed E-state index contributed by atoms with van der Waals surface area (Å²) < 4.78 is 14.8. The topological polar surface area (TPSA) is 51.0 Å². The molecule has 1 aromatic carbocycles. The van der Waals surface area contributed by atoms with Crippen LogP contribution < -0.4 is 0 Å². The summed E-state index contributed by atoms with van der Waals surface area (Å²) in [5.41, 5.74) is 1.21. The van der Waals surface area contributed by atoms with Crippen molar-refractivity contribution in [2.45, 2.75) is 24.6 Å². The summed E-state index contributed by atoms with van der Waals surface area (Å²) in [5, 5.41) is 4.45. The Morgan fingerprint density at radius 1 is 1.23 bits per heavy atom. The Morgan fingerprint density at radius 2 is 2.00 bits per heavy atom. The molecule has 6 heteroatoms. The number of aromatic nitrogens is 3. The lowest BCUT2D eigenvalue weighted by atomic mass is 10.0. The molecule has 3 aliphatic rings. The Labute approximate surface area is 126 Å². The van der Waals surface area contributed by atoms with Crippen molar-refractivity contribution in [3.63, 3.8) is 0 Å². The molecular weight excluding hydrogens is 283 g/mol. The first kappa shape index (κ1) is 12.3. The summed E-state index contributed by atoms with van der Waals surface area (Å²) in [6, 6.07) is 10.4. The Hall–Kier alpha value is -2.24. The van der Waals surface area contributed by atoms with Crippen LogP contribution in [-0.4, -0.2) is 44.8 Å². The average Bonchev–Trinajstić information content (AvgIpc) is 3.04. The van der Waals surface area contributed by atoms with Crippen molar-refractivity contribution in [1.82, 2.24) is 19.7 Å². The molecule has 5 nitrogen and oxygen atoms in total. The molecule has 1 aromatic heterocycles. The second-order valence-corrected chi connectivity index (χ2v) is 6.41. The summed E-state index contributed by atoms with van der Waals surface area (Å²) in [5.74, 6) is 1.86. The van der Waals surface area contributed by atoms with Crippen LogP contribution in [0.2, 0.25) is 0 Å². The Bertz CT molecular complexity index is 753. The van der Waals surface area contributed by atoms with Gasteiger partial charge in [0.05, 0.1) is 19.1 Å². The van der Waals surface area contributed by atoms with E-state index in [-0.39, 0.29) is 30.9 Å². The van der Waals surface area contributed by atoms with Crippen LogP contribution in [0.3, 0.4) is 0 Å². The summed E-state index contributed by atoms with van der Waals surface area (Å²) in [7, 11) is 0. The number of hydrogen-bond acceptors (Lipinski definition) is 3. The number of rotatable bonds is 2. The fourth-order valence-electron chi connectivity index (χ4n) is 3.70. The number of halogens is 1. The standard InChI is InChI=1S/C16H15FN4O/c17-10-7-20(8-10)16(22)14-18-15-12-6-11(12)13(21(15)19-14)9-4-2-1-3-5-9/h1-5,10-13H,6-8H2. The molecule has 5 rings (SSSR count). The first-order chi connectivity index (χ1) is 10.7. The molecule has 2 fully saturated rings. The molecule has 0 spiro atoms. The lowest BCUT2D eigenvalue weighted by Crippen LogP contribution is -2.51. The van der Waals surface area contributed by atoms with E-state index in [4.69, 9.17) is 0 Å². The summed E-state index contributed by atoms with van der Waals surface area (Å²) in [4.78, 5) is 18.2. The van der Waals surface area contributed by atoms with Crippen LogP contribution in [0, 0.1) is 5.92 Å². The van der Waals surface area contributed by atoms with Gasteiger partial charge in [0.15, 0.2) is 0 Å².